The number of nitrogens with two attached hydrogens (primary N) is 1. The van der Waals surface area contributed by atoms with Gasteiger partial charge in [0.15, 0.2) is 0 Å². The van der Waals surface area contributed by atoms with Crippen LogP contribution in [-0.4, -0.2) is 0 Å². The van der Waals surface area contributed by atoms with Crippen LogP contribution < -0.4 is 5.73 Å². The van der Waals surface area contributed by atoms with Gasteiger partial charge < -0.3 is 5.73 Å². The topological polar surface area (TPSA) is 26.0 Å². The van der Waals surface area contributed by atoms with Crippen molar-refractivity contribution in [1.29, 1.82) is 0 Å². The lowest BCUT2D eigenvalue weighted by Crippen LogP contribution is -2.14. The number of rotatable bonds is 3. The van der Waals surface area contributed by atoms with Crippen molar-refractivity contribution in [2.75, 3.05) is 0 Å². The number of benzene rings is 1. The first-order chi connectivity index (χ1) is 6.20. The molecule has 1 saturated carbocycles. The molecule has 0 saturated heterocycles. The Bertz CT molecular complexity index is 274. The van der Waals surface area contributed by atoms with E-state index in [1.807, 2.05) is 6.07 Å². The summed E-state index contributed by atoms with van der Waals surface area (Å²) < 4.78 is 0. The average Bonchev–Trinajstić information content (AvgIpc) is 2.85. The maximum atomic E-state index is 6.12. The van der Waals surface area contributed by atoms with Crippen molar-refractivity contribution < 1.29 is 0 Å². The summed E-state index contributed by atoms with van der Waals surface area (Å²) in [5.41, 5.74) is 7.95. The standard InChI is InChI=1S/C12H17N/c1-12(7-8-12)9-11(13)10-5-3-2-4-6-10/h2-6,11H,7-9,13H2,1H3. The minimum atomic E-state index is 0.230. The van der Waals surface area contributed by atoms with Gasteiger partial charge in [-0.05, 0) is 30.2 Å². The second-order valence-electron chi connectivity index (χ2n) is 4.53. The van der Waals surface area contributed by atoms with Crippen molar-refractivity contribution in [3.05, 3.63) is 35.9 Å². The third-order valence-corrected chi connectivity index (χ3v) is 3.04. The lowest BCUT2D eigenvalue weighted by atomic mass is 9.95. The molecule has 70 valence electrons. The normalized spacial score (nSPS) is 21.1. The van der Waals surface area contributed by atoms with Crippen LogP contribution in [0.2, 0.25) is 0 Å². The molecule has 1 fully saturated rings. The summed E-state index contributed by atoms with van der Waals surface area (Å²) in [5.74, 6) is 0. The maximum Gasteiger partial charge on any atom is 0.0300 e. The van der Waals surface area contributed by atoms with E-state index in [1.165, 1.54) is 18.4 Å². The minimum Gasteiger partial charge on any atom is -0.324 e. The van der Waals surface area contributed by atoms with Crippen LogP contribution in [0, 0.1) is 5.41 Å². The van der Waals surface area contributed by atoms with Crippen LogP contribution in [0.3, 0.4) is 0 Å². The predicted octanol–water partition coefficient (Wildman–Crippen LogP) is 2.88. The summed E-state index contributed by atoms with van der Waals surface area (Å²) in [4.78, 5) is 0. The molecule has 1 aromatic rings. The second-order valence-corrected chi connectivity index (χ2v) is 4.53. The molecule has 1 aliphatic carbocycles. The molecule has 1 aromatic carbocycles. The van der Waals surface area contributed by atoms with Gasteiger partial charge in [-0.3, -0.25) is 0 Å². The highest BCUT2D eigenvalue weighted by Crippen LogP contribution is 2.50. The average molecular weight is 175 g/mol. The summed E-state index contributed by atoms with van der Waals surface area (Å²) in [7, 11) is 0. The van der Waals surface area contributed by atoms with E-state index in [1.54, 1.807) is 0 Å². The summed E-state index contributed by atoms with van der Waals surface area (Å²) >= 11 is 0. The van der Waals surface area contributed by atoms with Gasteiger partial charge >= 0.3 is 0 Å². The Hall–Kier alpha value is -0.820. The molecular formula is C12H17N. The van der Waals surface area contributed by atoms with E-state index in [9.17, 15) is 0 Å². The van der Waals surface area contributed by atoms with Crippen molar-refractivity contribution in [3.8, 4) is 0 Å². The first kappa shape index (κ1) is 8.76. The predicted molar refractivity (Wildman–Crippen MR) is 55.3 cm³/mol. The van der Waals surface area contributed by atoms with Gasteiger partial charge in [-0.25, -0.2) is 0 Å². The quantitative estimate of drug-likeness (QED) is 0.751. The highest BCUT2D eigenvalue weighted by atomic mass is 14.7. The van der Waals surface area contributed by atoms with E-state index >= 15 is 0 Å². The summed E-state index contributed by atoms with van der Waals surface area (Å²) in [6, 6.07) is 10.6. The van der Waals surface area contributed by atoms with E-state index < -0.39 is 0 Å². The molecule has 1 heteroatoms. The van der Waals surface area contributed by atoms with Crippen molar-refractivity contribution in [3.63, 3.8) is 0 Å². The van der Waals surface area contributed by atoms with Gasteiger partial charge in [0.25, 0.3) is 0 Å². The highest BCUT2D eigenvalue weighted by Gasteiger charge is 2.38. The summed E-state index contributed by atoms with van der Waals surface area (Å²) in [6.07, 6.45) is 3.85. The fourth-order valence-corrected chi connectivity index (χ4v) is 1.77. The third-order valence-electron chi connectivity index (χ3n) is 3.04. The molecule has 1 aliphatic rings. The van der Waals surface area contributed by atoms with Gasteiger partial charge in [-0.15, -0.1) is 0 Å². The zero-order valence-electron chi connectivity index (χ0n) is 8.16. The molecule has 1 nitrogen and oxygen atoms in total. The molecule has 0 heterocycles. The molecule has 13 heavy (non-hydrogen) atoms. The maximum absolute atomic E-state index is 6.12. The van der Waals surface area contributed by atoms with Gasteiger partial charge in [0, 0.05) is 6.04 Å². The van der Waals surface area contributed by atoms with Crippen LogP contribution in [0.15, 0.2) is 30.3 Å². The van der Waals surface area contributed by atoms with Crippen LogP contribution >= 0.6 is 0 Å². The molecule has 0 amide bonds. The van der Waals surface area contributed by atoms with Crippen LogP contribution in [0.25, 0.3) is 0 Å². The molecule has 0 aliphatic heterocycles. The molecule has 2 N–H and O–H groups in total. The molecule has 0 bridgehead atoms. The Morgan fingerprint density at radius 1 is 1.31 bits per heavy atom. The molecule has 1 unspecified atom stereocenters. The lowest BCUT2D eigenvalue weighted by molar-refractivity contribution is 0.457. The molecule has 2 rings (SSSR count). The molecule has 0 spiro atoms. The van der Waals surface area contributed by atoms with Gasteiger partial charge in [0.1, 0.15) is 0 Å². The summed E-state index contributed by atoms with van der Waals surface area (Å²) in [5, 5.41) is 0. The van der Waals surface area contributed by atoms with Gasteiger partial charge in [-0.2, -0.15) is 0 Å². The van der Waals surface area contributed by atoms with E-state index in [4.69, 9.17) is 5.73 Å². The Morgan fingerprint density at radius 2 is 1.92 bits per heavy atom. The fraction of sp³-hybridized carbons (Fsp3) is 0.500. The smallest absolute Gasteiger partial charge is 0.0300 e. The lowest BCUT2D eigenvalue weighted by Gasteiger charge is -2.16. The third kappa shape index (κ3) is 2.10. The van der Waals surface area contributed by atoms with E-state index in [0.29, 0.717) is 5.41 Å². The molecule has 1 atom stereocenters. The second kappa shape index (κ2) is 3.15. The van der Waals surface area contributed by atoms with E-state index in [2.05, 4.69) is 31.2 Å². The van der Waals surface area contributed by atoms with Crippen LogP contribution in [0.1, 0.15) is 37.8 Å². The Morgan fingerprint density at radius 3 is 2.46 bits per heavy atom. The minimum absolute atomic E-state index is 0.230. The Kier molecular flexibility index (Phi) is 2.12. The van der Waals surface area contributed by atoms with Gasteiger partial charge in [-0.1, -0.05) is 37.3 Å². The van der Waals surface area contributed by atoms with Crippen molar-refractivity contribution in [2.24, 2.45) is 11.1 Å². The van der Waals surface area contributed by atoms with Crippen LogP contribution in [0.5, 0.6) is 0 Å². The highest BCUT2D eigenvalue weighted by molar-refractivity contribution is 5.19. The first-order valence-electron chi connectivity index (χ1n) is 5.00. The number of hydrogen-bond donors (Lipinski definition) is 1. The molecule has 0 aromatic heterocycles. The van der Waals surface area contributed by atoms with Crippen LogP contribution in [-0.2, 0) is 0 Å². The monoisotopic (exact) mass is 175 g/mol. The zero-order valence-corrected chi connectivity index (χ0v) is 8.16. The fourth-order valence-electron chi connectivity index (χ4n) is 1.77. The largest absolute Gasteiger partial charge is 0.324 e. The number of hydrogen-bond acceptors (Lipinski definition) is 1. The zero-order chi connectivity index (χ0) is 9.31. The van der Waals surface area contributed by atoms with Gasteiger partial charge in [0.2, 0.25) is 0 Å². The Balaban J connectivity index is 2.01. The SMILES string of the molecule is CC1(CC(N)c2ccccc2)CC1. The van der Waals surface area contributed by atoms with Gasteiger partial charge in [0.05, 0.1) is 0 Å². The van der Waals surface area contributed by atoms with Crippen molar-refractivity contribution in [1.82, 2.24) is 0 Å². The molecular weight excluding hydrogens is 158 g/mol. The first-order valence-corrected chi connectivity index (χ1v) is 5.00. The summed E-state index contributed by atoms with van der Waals surface area (Å²) in [6.45, 7) is 2.33. The van der Waals surface area contributed by atoms with Crippen molar-refractivity contribution >= 4 is 0 Å². The van der Waals surface area contributed by atoms with Crippen molar-refractivity contribution in [2.45, 2.75) is 32.2 Å². The molecule has 0 radical (unpaired) electrons. The van der Waals surface area contributed by atoms with Crippen LogP contribution in [0.4, 0.5) is 0 Å². The Labute approximate surface area is 80.0 Å². The van der Waals surface area contributed by atoms with E-state index in [0.717, 1.165) is 6.42 Å². The van der Waals surface area contributed by atoms with E-state index in [-0.39, 0.29) is 6.04 Å².